The van der Waals surface area contributed by atoms with E-state index in [2.05, 4.69) is 20.3 Å². The molecule has 0 fully saturated rings. The van der Waals surface area contributed by atoms with E-state index in [1.165, 1.54) is 42.8 Å². The van der Waals surface area contributed by atoms with Crippen LogP contribution in [0.5, 0.6) is 0 Å². The Bertz CT molecular complexity index is 596. The van der Waals surface area contributed by atoms with Gasteiger partial charge in [-0.2, -0.15) is 13.2 Å². The topological polar surface area (TPSA) is 71.0 Å². The fourth-order valence-corrected chi connectivity index (χ4v) is 1.81. The number of anilines is 2. The van der Waals surface area contributed by atoms with Crippen LogP contribution in [-0.2, 0) is 4.79 Å². The number of carbonyl (C=O) groups is 1. The number of aromatic nitrogens is 3. The van der Waals surface area contributed by atoms with Crippen molar-refractivity contribution in [1.82, 2.24) is 20.3 Å². The van der Waals surface area contributed by atoms with Crippen LogP contribution in [0.25, 0.3) is 0 Å². The van der Waals surface area contributed by atoms with Crippen LogP contribution in [0.4, 0.5) is 24.7 Å². The molecule has 0 aliphatic carbocycles. The fraction of sp³-hybridized carbons (Fsp3) is 0.286. The number of amides is 1. The second-order valence-corrected chi connectivity index (χ2v) is 4.67. The maximum atomic E-state index is 12.6. The number of nitrogens with one attached hydrogen (secondary N) is 1. The summed E-state index contributed by atoms with van der Waals surface area (Å²) in [7, 11) is 0. The molecule has 2 heterocycles. The van der Waals surface area contributed by atoms with Crippen molar-refractivity contribution in [3.63, 3.8) is 0 Å². The van der Waals surface area contributed by atoms with Gasteiger partial charge in [0.15, 0.2) is 5.82 Å². The van der Waals surface area contributed by atoms with Crippen molar-refractivity contribution in [3.05, 3.63) is 43.1 Å². The molecule has 122 valence electrons. The summed E-state index contributed by atoms with van der Waals surface area (Å²) in [5.74, 6) is -0.395. The van der Waals surface area contributed by atoms with Gasteiger partial charge in [0.25, 0.3) is 0 Å². The molecule has 0 aromatic carbocycles. The Morgan fingerprint density at radius 3 is 2.57 bits per heavy atom. The summed E-state index contributed by atoms with van der Waals surface area (Å²) in [5.41, 5.74) is 0.388. The maximum Gasteiger partial charge on any atom is 0.401 e. The number of rotatable bonds is 5. The van der Waals surface area contributed by atoms with Gasteiger partial charge in [-0.1, -0.05) is 0 Å². The molecule has 9 heteroatoms. The number of hydrogen-bond donors (Lipinski definition) is 1. The zero-order chi connectivity index (χ0) is 16.9. The molecule has 2 rings (SSSR count). The van der Waals surface area contributed by atoms with E-state index in [1.807, 2.05) is 0 Å². The molecule has 0 aliphatic heterocycles. The van der Waals surface area contributed by atoms with Crippen LogP contribution in [0.2, 0.25) is 0 Å². The summed E-state index contributed by atoms with van der Waals surface area (Å²) >= 11 is 0. The summed E-state index contributed by atoms with van der Waals surface area (Å²) in [6.45, 7) is 0.0923. The number of alkyl halides is 3. The zero-order valence-corrected chi connectivity index (χ0v) is 12.2. The summed E-state index contributed by atoms with van der Waals surface area (Å²) < 4.78 is 36.9. The molecule has 6 nitrogen and oxygen atoms in total. The first-order valence-electron chi connectivity index (χ1n) is 6.68. The van der Waals surface area contributed by atoms with Crippen LogP contribution < -0.4 is 10.2 Å². The SMILES string of the molecule is C[C@@H](NCC(F)(F)F)C(=O)N(c1cccnc1)c1cnccn1. The lowest BCUT2D eigenvalue weighted by Crippen LogP contribution is -2.46. The molecule has 0 aliphatic rings. The molecule has 0 spiro atoms. The second kappa shape index (κ2) is 7.14. The normalized spacial score (nSPS) is 12.7. The lowest BCUT2D eigenvalue weighted by atomic mass is 10.2. The Hall–Kier alpha value is -2.55. The van der Waals surface area contributed by atoms with Crippen molar-refractivity contribution in [2.75, 3.05) is 11.4 Å². The minimum Gasteiger partial charge on any atom is -0.298 e. The number of carbonyl (C=O) groups excluding carboxylic acids is 1. The van der Waals surface area contributed by atoms with E-state index in [9.17, 15) is 18.0 Å². The van der Waals surface area contributed by atoms with Crippen LogP contribution in [0, 0.1) is 0 Å². The van der Waals surface area contributed by atoms with Gasteiger partial charge in [0.1, 0.15) is 0 Å². The van der Waals surface area contributed by atoms with E-state index >= 15 is 0 Å². The van der Waals surface area contributed by atoms with Crippen LogP contribution in [0.1, 0.15) is 6.92 Å². The van der Waals surface area contributed by atoms with Gasteiger partial charge in [-0.15, -0.1) is 0 Å². The van der Waals surface area contributed by atoms with Crippen molar-refractivity contribution in [2.45, 2.75) is 19.1 Å². The van der Waals surface area contributed by atoms with E-state index in [1.54, 1.807) is 12.1 Å². The van der Waals surface area contributed by atoms with Crippen molar-refractivity contribution in [1.29, 1.82) is 0 Å². The van der Waals surface area contributed by atoms with Crippen molar-refractivity contribution in [2.24, 2.45) is 0 Å². The van der Waals surface area contributed by atoms with Gasteiger partial charge in [0, 0.05) is 18.6 Å². The van der Waals surface area contributed by atoms with Gasteiger partial charge in [-0.05, 0) is 19.1 Å². The predicted octanol–water partition coefficient (Wildman–Crippen LogP) is 2.08. The highest BCUT2D eigenvalue weighted by atomic mass is 19.4. The molecule has 0 saturated heterocycles. The molecule has 1 amide bonds. The molecular weight excluding hydrogens is 311 g/mol. The number of halogens is 3. The lowest BCUT2D eigenvalue weighted by molar-refractivity contribution is -0.130. The molecule has 0 unspecified atom stereocenters. The minimum absolute atomic E-state index is 0.200. The van der Waals surface area contributed by atoms with Gasteiger partial charge in [0.05, 0.1) is 30.7 Å². The first kappa shape index (κ1) is 16.8. The average molecular weight is 325 g/mol. The molecule has 0 radical (unpaired) electrons. The monoisotopic (exact) mass is 325 g/mol. The highest BCUT2D eigenvalue weighted by Crippen LogP contribution is 2.23. The predicted molar refractivity (Wildman–Crippen MR) is 76.9 cm³/mol. The average Bonchev–Trinajstić information content (AvgIpc) is 2.54. The van der Waals surface area contributed by atoms with Gasteiger partial charge in [0.2, 0.25) is 5.91 Å². The van der Waals surface area contributed by atoms with Crippen molar-refractivity contribution < 1.29 is 18.0 Å². The standard InChI is InChI=1S/C14H14F3N5O/c1-10(21-9-14(15,16)17)13(23)22(11-3-2-4-18-7-11)12-8-19-5-6-20-12/h2-8,10,21H,9H2,1H3/t10-/m1/s1. The summed E-state index contributed by atoms with van der Waals surface area (Å²) in [6, 6.07) is 2.15. The summed E-state index contributed by atoms with van der Waals surface area (Å²) in [6.07, 6.45) is 2.71. The van der Waals surface area contributed by atoms with Crippen LogP contribution in [0.15, 0.2) is 43.1 Å². The van der Waals surface area contributed by atoms with E-state index < -0.39 is 24.7 Å². The van der Waals surface area contributed by atoms with E-state index in [0.29, 0.717) is 5.69 Å². The Kier molecular flexibility index (Phi) is 5.22. The van der Waals surface area contributed by atoms with Crippen LogP contribution >= 0.6 is 0 Å². The van der Waals surface area contributed by atoms with Gasteiger partial charge in [-0.3, -0.25) is 25.0 Å². The third-order valence-corrected chi connectivity index (χ3v) is 2.88. The van der Waals surface area contributed by atoms with Crippen LogP contribution in [-0.4, -0.2) is 39.6 Å². The Balaban J connectivity index is 2.26. The van der Waals surface area contributed by atoms with Crippen molar-refractivity contribution in [3.8, 4) is 0 Å². The molecule has 2 aromatic heterocycles. The first-order valence-corrected chi connectivity index (χ1v) is 6.68. The summed E-state index contributed by atoms with van der Waals surface area (Å²) in [4.78, 5) is 25.6. The fourth-order valence-electron chi connectivity index (χ4n) is 1.81. The largest absolute Gasteiger partial charge is 0.401 e. The third kappa shape index (κ3) is 4.71. The van der Waals surface area contributed by atoms with Gasteiger partial charge in [-0.25, -0.2) is 4.98 Å². The minimum atomic E-state index is -4.40. The summed E-state index contributed by atoms with van der Waals surface area (Å²) in [5, 5.41) is 2.16. The zero-order valence-electron chi connectivity index (χ0n) is 12.2. The molecule has 23 heavy (non-hydrogen) atoms. The first-order chi connectivity index (χ1) is 10.9. The third-order valence-electron chi connectivity index (χ3n) is 2.88. The number of pyridine rings is 1. The smallest absolute Gasteiger partial charge is 0.298 e. The molecule has 0 saturated carbocycles. The molecule has 1 N–H and O–H groups in total. The van der Waals surface area contributed by atoms with E-state index in [0.717, 1.165) is 0 Å². The maximum absolute atomic E-state index is 12.6. The molecular formula is C14H14F3N5O. The van der Waals surface area contributed by atoms with Crippen LogP contribution in [0.3, 0.4) is 0 Å². The Morgan fingerprint density at radius 1 is 1.26 bits per heavy atom. The Labute approximate surface area is 130 Å². The lowest BCUT2D eigenvalue weighted by Gasteiger charge is -2.25. The van der Waals surface area contributed by atoms with Crippen molar-refractivity contribution >= 4 is 17.4 Å². The Morgan fingerprint density at radius 2 is 2.00 bits per heavy atom. The van der Waals surface area contributed by atoms with E-state index in [-0.39, 0.29) is 5.82 Å². The number of hydrogen-bond acceptors (Lipinski definition) is 5. The molecule has 2 aromatic rings. The number of nitrogens with zero attached hydrogens (tertiary/aromatic N) is 4. The molecule has 0 bridgehead atoms. The molecule has 1 atom stereocenters. The van der Waals surface area contributed by atoms with Gasteiger partial charge >= 0.3 is 6.18 Å². The second-order valence-electron chi connectivity index (χ2n) is 4.67. The highest BCUT2D eigenvalue weighted by molar-refractivity contribution is 6.02. The van der Waals surface area contributed by atoms with Gasteiger partial charge < -0.3 is 0 Å². The highest BCUT2D eigenvalue weighted by Gasteiger charge is 2.31. The van der Waals surface area contributed by atoms with E-state index in [4.69, 9.17) is 0 Å². The quantitative estimate of drug-likeness (QED) is 0.911.